The smallest absolute Gasteiger partial charge is 0.230 e. The molecule has 1 amide bonds. The number of carbonyl (C=O) groups is 1. The summed E-state index contributed by atoms with van der Waals surface area (Å²) in [7, 11) is 1.61. The number of tetrazole rings is 1. The molecule has 0 radical (unpaired) electrons. The number of amides is 1. The van der Waals surface area contributed by atoms with Crippen molar-refractivity contribution >= 4 is 17.7 Å². The molecule has 0 bridgehead atoms. The second-order valence-electron chi connectivity index (χ2n) is 7.13. The zero-order chi connectivity index (χ0) is 20.2. The van der Waals surface area contributed by atoms with Crippen LogP contribution in [0.3, 0.4) is 0 Å². The van der Waals surface area contributed by atoms with E-state index in [0.717, 1.165) is 29.7 Å². The van der Waals surface area contributed by atoms with Crippen LogP contribution in [0.15, 0.2) is 53.7 Å². The minimum absolute atomic E-state index is 0.0264. The predicted octanol–water partition coefficient (Wildman–Crippen LogP) is 3.34. The Morgan fingerprint density at radius 2 is 2.07 bits per heavy atom. The fourth-order valence-corrected chi connectivity index (χ4v) is 3.99. The number of thioether (sulfide) groups is 1. The van der Waals surface area contributed by atoms with Crippen molar-refractivity contribution < 1.29 is 9.53 Å². The van der Waals surface area contributed by atoms with Crippen LogP contribution >= 0.6 is 11.8 Å². The van der Waals surface area contributed by atoms with Crippen LogP contribution < -0.4 is 10.1 Å². The highest BCUT2D eigenvalue weighted by molar-refractivity contribution is 7.99. The Morgan fingerprint density at radius 3 is 2.79 bits per heavy atom. The van der Waals surface area contributed by atoms with Gasteiger partial charge in [-0.05, 0) is 59.4 Å². The van der Waals surface area contributed by atoms with Gasteiger partial charge in [0, 0.05) is 0 Å². The van der Waals surface area contributed by atoms with Crippen molar-refractivity contribution in [2.45, 2.75) is 31.0 Å². The lowest BCUT2D eigenvalue weighted by Crippen LogP contribution is -2.31. The molecule has 2 aromatic carbocycles. The second kappa shape index (κ2) is 8.65. The number of hydrogen-bond donors (Lipinski definition) is 1. The SMILES string of the molecule is COc1ccc(C)cc1-n1nnnc1SCC(=O)NC(c1ccccc1)C1CC1. The topological polar surface area (TPSA) is 81.9 Å². The van der Waals surface area contributed by atoms with Crippen molar-refractivity contribution in [2.24, 2.45) is 5.92 Å². The first-order valence-electron chi connectivity index (χ1n) is 9.56. The van der Waals surface area contributed by atoms with E-state index in [0.29, 0.717) is 16.8 Å². The summed E-state index contributed by atoms with van der Waals surface area (Å²) in [4.78, 5) is 12.6. The first kappa shape index (κ1) is 19.4. The van der Waals surface area contributed by atoms with Gasteiger partial charge in [0.2, 0.25) is 11.1 Å². The molecule has 1 aliphatic rings. The number of hydrogen-bond acceptors (Lipinski definition) is 6. The number of nitrogens with zero attached hydrogens (tertiary/aromatic N) is 4. The van der Waals surface area contributed by atoms with Crippen molar-refractivity contribution in [3.05, 3.63) is 59.7 Å². The van der Waals surface area contributed by atoms with Crippen LogP contribution in [0, 0.1) is 12.8 Å². The minimum atomic E-state index is -0.0264. The monoisotopic (exact) mass is 409 g/mol. The quantitative estimate of drug-likeness (QED) is 0.575. The number of carbonyl (C=O) groups excluding carboxylic acids is 1. The highest BCUT2D eigenvalue weighted by Crippen LogP contribution is 2.41. The molecule has 0 spiro atoms. The Balaban J connectivity index is 1.44. The van der Waals surface area contributed by atoms with Crippen LogP contribution in [0.5, 0.6) is 5.75 Å². The largest absolute Gasteiger partial charge is 0.494 e. The van der Waals surface area contributed by atoms with E-state index in [1.165, 1.54) is 11.8 Å². The molecular formula is C21H23N5O2S. The highest BCUT2D eigenvalue weighted by Gasteiger charge is 2.33. The molecule has 3 aromatic rings. The molecule has 0 saturated heterocycles. The van der Waals surface area contributed by atoms with E-state index in [1.54, 1.807) is 11.8 Å². The highest BCUT2D eigenvalue weighted by atomic mass is 32.2. The Labute approximate surface area is 173 Å². The van der Waals surface area contributed by atoms with E-state index < -0.39 is 0 Å². The van der Waals surface area contributed by atoms with Gasteiger partial charge in [0.15, 0.2) is 0 Å². The Kier molecular flexibility index (Phi) is 5.80. The van der Waals surface area contributed by atoms with E-state index in [4.69, 9.17) is 4.74 Å². The van der Waals surface area contributed by atoms with E-state index in [2.05, 4.69) is 33.0 Å². The average molecular weight is 410 g/mol. The maximum atomic E-state index is 12.6. The van der Waals surface area contributed by atoms with Crippen LogP contribution in [0.4, 0.5) is 0 Å². The third-order valence-electron chi connectivity index (χ3n) is 4.90. The van der Waals surface area contributed by atoms with Crippen LogP contribution in [0.2, 0.25) is 0 Å². The summed E-state index contributed by atoms with van der Waals surface area (Å²) < 4.78 is 7.05. The number of ether oxygens (including phenoxy) is 1. The molecule has 1 aromatic heterocycles. The maximum absolute atomic E-state index is 12.6. The number of benzene rings is 2. The van der Waals surface area contributed by atoms with E-state index in [9.17, 15) is 4.79 Å². The number of aryl methyl sites for hydroxylation is 1. The number of aromatic nitrogens is 4. The van der Waals surface area contributed by atoms with Gasteiger partial charge < -0.3 is 10.1 Å². The molecule has 150 valence electrons. The standard InChI is InChI=1S/C21H23N5O2S/c1-14-8-11-18(28-2)17(12-14)26-21(23-24-25-26)29-13-19(27)22-20(16-9-10-16)15-6-4-3-5-7-15/h3-8,11-12,16,20H,9-10,13H2,1-2H3,(H,22,27). The first-order chi connectivity index (χ1) is 14.2. The third kappa shape index (κ3) is 4.59. The third-order valence-corrected chi connectivity index (χ3v) is 5.82. The lowest BCUT2D eigenvalue weighted by atomic mass is 10.0. The second-order valence-corrected chi connectivity index (χ2v) is 8.07. The Hall–Kier alpha value is -2.87. The van der Waals surface area contributed by atoms with Gasteiger partial charge in [-0.2, -0.15) is 4.68 Å². The predicted molar refractivity (Wildman–Crippen MR) is 111 cm³/mol. The first-order valence-corrected chi connectivity index (χ1v) is 10.5. The number of rotatable bonds is 8. The lowest BCUT2D eigenvalue weighted by Gasteiger charge is -2.18. The molecule has 1 aliphatic carbocycles. The Bertz CT molecular complexity index is 988. The van der Waals surface area contributed by atoms with E-state index in [1.807, 2.05) is 43.3 Å². The fourth-order valence-electron chi connectivity index (χ4n) is 3.29. The van der Waals surface area contributed by atoms with Crippen LogP contribution in [0.1, 0.15) is 30.0 Å². The summed E-state index contributed by atoms with van der Waals surface area (Å²) in [6, 6.07) is 16.0. The van der Waals surface area contributed by atoms with Crippen molar-refractivity contribution in [1.82, 2.24) is 25.5 Å². The summed E-state index contributed by atoms with van der Waals surface area (Å²) in [5.41, 5.74) is 2.98. The average Bonchev–Trinajstić information content (AvgIpc) is 3.48. The molecular weight excluding hydrogens is 386 g/mol. The molecule has 29 heavy (non-hydrogen) atoms. The fraction of sp³-hybridized carbons (Fsp3) is 0.333. The van der Waals surface area contributed by atoms with E-state index in [-0.39, 0.29) is 17.7 Å². The molecule has 1 heterocycles. The van der Waals surface area contributed by atoms with Gasteiger partial charge in [0.05, 0.1) is 18.9 Å². The van der Waals surface area contributed by atoms with Crippen molar-refractivity contribution in [2.75, 3.05) is 12.9 Å². The van der Waals surface area contributed by atoms with Crippen LogP contribution in [-0.2, 0) is 4.79 Å². The molecule has 7 nitrogen and oxygen atoms in total. The van der Waals surface area contributed by atoms with Gasteiger partial charge in [-0.25, -0.2) is 0 Å². The van der Waals surface area contributed by atoms with Gasteiger partial charge in [-0.15, -0.1) is 5.10 Å². The molecule has 1 fully saturated rings. The summed E-state index contributed by atoms with van der Waals surface area (Å²) >= 11 is 1.31. The number of nitrogens with one attached hydrogen (secondary N) is 1. The van der Waals surface area contributed by atoms with Crippen molar-refractivity contribution in [3.8, 4) is 11.4 Å². The summed E-state index contributed by atoms with van der Waals surface area (Å²) in [5, 5.41) is 15.7. The molecule has 8 heteroatoms. The summed E-state index contributed by atoms with van der Waals surface area (Å²) in [6.45, 7) is 2.00. The van der Waals surface area contributed by atoms with Crippen LogP contribution in [0.25, 0.3) is 5.69 Å². The lowest BCUT2D eigenvalue weighted by molar-refractivity contribution is -0.119. The maximum Gasteiger partial charge on any atom is 0.230 e. The Morgan fingerprint density at radius 1 is 1.28 bits per heavy atom. The molecule has 1 saturated carbocycles. The number of methoxy groups -OCH3 is 1. The van der Waals surface area contributed by atoms with Crippen molar-refractivity contribution in [3.63, 3.8) is 0 Å². The van der Waals surface area contributed by atoms with Gasteiger partial charge >= 0.3 is 0 Å². The van der Waals surface area contributed by atoms with Gasteiger partial charge in [-0.1, -0.05) is 48.2 Å². The summed E-state index contributed by atoms with van der Waals surface area (Å²) in [5.74, 6) is 1.41. The van der Waals surface area contributed by atoms with Crippen LogP contribution in [-0.4, -0.2) is 39.0 Å². The van der Waals surface area contributed by atoms with Gasteiger partial charge in [0.25, 0.3) is 0 Å². The molecule has 0 aliphatic heterocycles. The van der Waals surface area contributed by atoms with Gasteiger partial charge in [0.1, 0.15) is 11.4 Å². The zero-order valence-electron chi connectivity index (χ0n) is 16.4. The van der Waals surface area contributed by atoms with Gasteiger partial charge in [-0.3, -0.25) is 4.79 Å². The molecule has 1 N–H and O–H groups in total. The van der Waals surface area contributed by atoms with Crippen molar-refractivity contribution in [1.29, 1.82) is 0 Å². The normalized spacial score (nSPS) is 14.4. The molecule has 4 rings (SSSR count). The molecule has 1 atom stereocenters. The summed E-state index contributed by atoms with van der Waals surface area (Å²) in [6.07, 6.45) is 2.30. The zero-order valence-corrected chi connectivity index (χ0v) is 17.2. The molecule has 1 unspecified atom stereocenters. The van der Waals surface area contributed by atoms with E-state index >= 15 is 0 Å². The minimum Gasteiger partial charge on any atom is -0.494 e.